The van der Waals surface area contributed by atoms with E-state index in [0.29, 0.717) is 24.7 Å². The van der Waals surface area contributed by atoms with Crippen molar-refractivity contribution in [1.82, 2.24) is 25.1 Å². The van der Waals surface area contributed by atoms with Gasteiger partial charge in [-0.05, 0) is 6.42 Å². The summed E-state index contributed by atoms with van der Waals surface area (Å²) in [4.78, 5) is 15.7. The Hall–Kier alpha value is -2.25. The maximum absolute atomic E-state index is 11.6. The first kappa shape index (κ1) is 13.2. The van der Waals surface area contributed by atoms with Gasteiger partial charge in [0.05, 0.1) is 12.8 Å². The summed E-state index contributed by atoms with van der Waals surface area (Å²) in [7, 11) is 1.32. The maximum Gasteiger partial charge on any atom is 0.360 e. The van der Waals surface area contributed by atoms with Crippen LogP contribution in [0.15, 0.2) is 4.52 Å². The second kappa shape index (κ2) is 5.59. The SMILES string of the molecule is CCCc1c(C(=O)OC)nnn1Cc1noc(C)n1. The van der Waals surface area contributed by atoms with Crippen LogP contribution in [0.1, 0.15) is 41.2 Å². The van der Waals surface area contributed by atoms with E-state index in [1.165, 1.54) is 7.11 Å². The molecule has 0 unspecified atom stereocenters. The summed E-state index contributed by atoms with van der Waals surface area (Å²) in [6.45, 7) is 4.04. The van der Waals surface area contributed by atoms with Gasteiger partial charge in [-0.2, -0.15) is 4.98 Å². The van der Waals surface area contributed by atoms with Crippen LogP contribution < -0.4 is 0 Å². The summed E-state index contributed by atoms with van der Waals surface area (Å²) in [6.07, 6.45) is 1.54. The van der Waals surface area contributed by atoms with Gasteiger partial charge in [0, 0.05) is 6.92 Å². The van der Waals surface area contributed by atoms with Gasteiger partial charge in [-0.1, -0.05) is 23.7 Å². The van der Waals surface area contributed by atoms with Crippen molar-refractivity contribution in [3.8, 4) is 0 Å². The molecule has 0 aliphatic carbocycles. The Morgan fingerprint density at radius 2 is 2.26 bits per heavy atom. The fraction of sp³-hybridized carbons (Fsp3) is 0.545. The number of aryl methyl sites for hydroxylation is 1. The fourth-order valence-electron chi connectivity index (χ4n) is 1.74. The molecule has 19 heavy (non-hydrogen) atoms. The Kier molecular flexibility index (Phi) is 3.88. The molecule has 0 aromatic carbocycles. The molecular formula is C11H15N5O3. The summed E-state index contributed by atoms with van der Waals surface area (Å²) in [5.41, 5.74) is 0.960. The predicted molar refractivity (Wildman–Crippen MR) is 63.5 cm³/mol. The van der Waals surface area contributed by atoms with E-state index in [9.17, 15) is 4.79 Å². The van der Waals surface area contributed by atoms with Gasteiger partial charge >= 0.3 is 5.97 Å². The Morgan fingerprint density at radius 1 is 1.47 bits per heavy atom. The third-order valence-electron chi connectivity index (χ3n) is 2.56. The van der Waals surface area contributed by atoms with Crippen molar-refractivity contribution in [3.05, 3.63) is 23.1 Å². The van der Waals surface area contributed by atoms with Gasteiger partial charge in [-0.3, -0.25) is 0 Å². The molecule has 0 atom stereocenters. The molecule has 0 radical (unpaired) electrons. The average molecular weight is 265 g/mol. The lowest BCUT2D eigenvalue weighted by Gasteiger charge is -2.03. The predicted octanol–water partition coefficient (Wildman–Crippen LogP) is 0.757. The number of methoxy groups -OCH3 is 1. The maximum atomic E-state index is 11.6. The van der Waals surface area contributed by atoms with Crippen LogP contribution in [-0.2, 0) is 17.7 Å². The van der Waals surface area contributed by atoms with Gasteiger partial charge in [-0.15, -0.1) is 5.10 Å². The van der Waals surface area contributed by atoms with E-state index < -0.39 is 5.97 Å². The minimum absolute atomic E-state index is 0.240. The lowest BCUT2D eigenvalue weighted by molar-refractivity contribution is 0.0592. The zero-order valence-corrected chi connectivity index (χ0v) is 11.1. The van der Waals surface area contributed by atoms with E-state index >= 15 is 0 Å². The molecule has 2 aromatic heterocycles. The summed E-state index contributed by atoms with van der Waals surface area (Å²) < 4.78 is 11.2. The molecule has 2 rings (SSSR count). The quantitative estimate of drug-likeness (QED) is 0.736. The lowest BCUT2D eigenvalue weighted by atomic mass is 10.2. The molecule has 0 aliphatic rings. The minimum atomic E-state index is -0.487. The fourth-order valence-corrected chi connectivity index (χ4v) is 1.74. The normalized spacial score (nSPS) is 10.7. The molecule has 102 valence electrons. The largest absolute Gasteiger partial charge is 0.464 e. The highest BCUT2D eigenvalue weighted by molar-refractivity contribution is 5.88. The van der Waals surface area contributed by atoms with Crippen LogP contribution in [0.3, 0.4) is 0 Å². The first-order chi connectivity index (χ1) is 9.15. The standard InChI is InChI=1S/C11H15N5O3/c1-4-5-8-10(11(17)18-3)13-15-16(8)6-9-12-7(2)19-14-9/h4-6H2,1-3H3. The number of hydrogen-bond donors (Lipinski definition) is 0. The molecule has 0 saturated heterocycles. The molecule has 0 bridgehead atoms. The first-order valence-corrected chi connectivity index (χ1v) is 5.95. The third-order valence-corrected chi connectivity index (χ3v) is 2.56. The number of rotatable bonds is 5. The molecule has 0 amide bonds. The zero-order valence-electron chi connectivity index (χ0n) is 11.1. The molecule has 8 nitrogen and oxygen atoms in total. The van der Waals surface area contributed by atoms with E-state index in [1.807, 2.05) is 6.92 Å². The van der Waals surface area contributed by atoms with Crippen molar-refractivity contribution in [2.45, 2.75) is 33.2 Å². The summed E-state index contributed by atoms with van der Waals surface area (Å²) in [6, 6.07) is 0. The number of hydrogen-bond acceptors (Lipinski definition) is 7. The topological polar surface area (TPSA) is 95.9 Å². The van der Waals surface area contributed by atoms with Crippen molar-refractivity contribution in [2.24, 2.45) is 0 Å². The molecule has 0 aliphatic heterocycles. The Labute approximate surface area is 109 Å². The number of nitrogens with zero attached hydrogens (tertiary/aromatic N) is 5. The van der Waals surface area contributed by atoms with Crippen molar-refractivity contribution in [1.29, 1.82) is 0 Å². The van der Waals surface area contributed by atoms with E-state index in [2.05, 4.69) is 25.2 Å². The lowest BCUT2D eigenvalue weighted by Crippen LogP contribution is -2.11. The molecule has 2 aromatic rings. The highest BCUT2D eigenvalue weighted by Crippen LogP contribution is 2.11. The van der Waals surface area contributed by atoms with Crippen LogP contribution in [0, 0.1) is 6.92 Å². The van der Waals surface area contributed by atoms with Crippen LogP contribution >= 0.6 is 0 Å². The smallest absolute Gasteiger partial charge is 0.360 e. The third kappa shape index (κ3) is 2.78. The number of carbonyl (C=O) groups excluding carboxylic acids is 1. The van der Waals surface area contributed by atoms with Crippen LogP contribution in [0.2, 0.25) is 0 Å². The Morgan fingerprint density at radius 3 is 2.84 bits per heavy atom. The molecule has 2 heterocycles. The Balaban J connectivity index is 2.29. The molecule has 0 saturated carbocycles. The Bertz CT molecular complexity index is 575. The monoisotopic (exact) mass is 265 g/mol. The zero-order chi connectivity index (χ0) is 13.8. The van der Waals surface area contributed by atoms with Gasteiger partial charge < -0.3 is 9.26 Å². The van der Waals surface area contributed by atoms with Crippen LogP contribution in [0.4, 0.5) is 0 Å². The number of esters is 1. The first-order valence-electron chi connectivity index (χ1n) is 5.95. The minimum Gasteiger partial charge on any atom is -0.464 e. The van der Waals surface area contributed by atoms with Crippen LogP contribution in [0.25, 0.3) is 0 Å². The average Bonchev–Trinajstić information content (AvgIpc) is 2.97. The number of carbonyl (C=O) groups is 1. The highest BCUT2D eigenvalue weighted by Gasteiger charge is 2.20. The molecule has 0 spiro atoms. The molecule has 0 fully saturated rings. The van der Waals surface area contributed by atoms with Gasteiger partial charge in [-0.25, -0.2) is 9.48 Å². The second-order valence-corrected chi connectivity index (χ2v) is 4.01. The highest BCUT2D eigenvalue weighted by atomic mass is 16.5. The number of aromatic nitrogens is 5. The summed E-state index contributed by atoms with van der Waals surface area (Å²) in [5, 5.41) is 11.6. The molecule has 8 heteroatoms. The molecular weight excluding hydrogens is 250 g/mol. The van der Waals surface area contributed by atoms with Crippen molar-refractivity contribution >= 4 is 5.97 Å². The van der Waals surface area contributed by atoms with Crippen LogP contribution in [-0.4, -0.2) is 38.2 Å². The van der Waals surface area contributed by atoms with E-state index in [1.54, 1.807) is 11.6 Å². The number of ether oxygens (including phenoxy) is 1. The van der Waals surface area contributed by atoms with Crippen LogP contribution in [0.5, 0.6) is 0 Å². The van der Waals surface area contributed by atoms with Gasteiger partial charge in [0.15, 0.2) is 11.5 Å². The van der Waals surface area contributed by atoms with E-state index in [-0.39, 0.29) is 5.69 Å². The van der Waals surface area contributed by atoms with Gasteiger partial charge in [0.2, 0.25) is 5.89 Å². The van der Waals surface area contributed by atoms with Crippen molar-refractivity contribution in [2.75, 3.05) is 7.11 Å². The van der Waals surface area contributed by atoms with Crippen molar-refractivity contribution < 1.29 is 14.1 Å². The van der Waals surface area contributed by atoms with Gasteiger partial charge in [0.25, 0.3) is 0 Å². The van der Waals surface area contributed by atoms with Crippen molar-refractivity contribution in [3.63, 3.8) is 0 Å². The van der Waals surface area contributed by atoms with E-state index in [0.717, 1.165) is 12.1 Å². The molecule has 0 N–H and O–H groups in total. The summed E-state index contributed by atoms with van der Waals surface area (Å²) in [5.74, 6) is 0.496. The summed E-state index contributed by atoms with van der Waals surface area (Å²) >= 11 is 0. The second-order valence-electron chi connectivity index (χ2n) is 4.01. The van der Waals surface area contributed by atoms with E-state index in [4.69, 9.17) is 4.52 Å². The van der Waals surface area contributed by atoms with Gasteiger partial charge in [0.1, 0.15) is 6.54 Å².